The molecule has 0 aliphatic carbocycles. The summed E-state index contributed by atoms with van der Waals surface area (Å²) in [5.74, 6) is 0.546. The summed E-state index contributed by atoms with van der Waals surface area (Å²) in [6.45, 7) is 1.70. The fourth-order valence-electron chi connectivity index (χ4n) is 2.87. The Kier molecular flexibility index (Phi) is 4.81. The molecule has 2 aromatic rings. The smallest absolute Gasteiger partial charge is 0.0469 e. The average Bonchev–Trinajstić information content (AvgIpc) is 2.47. The maximum Gasteiger partial charge on any atom is 0.0469 e. The summed E-state index contributed by atoms with van der Waals surface area (Å²) in [5, 5.41) is 2.57. The van der Waals surface area contributed by atoms with Crippen LogP contribution < -0.4 is 5.73 Å². The minimum Gasteiger partial charge on any atom is -0.381 e. The lowest BCUT2D eigenvalue weighted by atomic mass is 9.86. The summed E-state index contributed by atoms with van der Waals surface area (Å²) < 4.78 is 5.42. The van der Waals surface area contributed by atoms with Crippen molar-refractivity contribution in [2.75, 3.05) is 13.2 Å². The van der Waals surface area contributed by atoms with Crippen molar-refractivity contribution in [1.82, 2.24) is 0 Å². The predicted octanol–water partition coefficient (Wildman–Crippen LogP) is 3.69. The van der Waals surface area contributed by atoms with E-state index in [-0.39, 0.29) is 18.4 Å². The Labute approximate surface area is 120 Å². The van der Waals surface area contributed by atoms with Gasteiger partial charge in [-0.1, -0.05) is 42.5 Å². The molecule has 3 rings (SSSR count). The fourth-order valence-corrected chi connectivity index (χ4v) is 2.87. The van der Waals surface area contributed by atoms with E-state index in [0.29, 0.717) is 5.92 Å². The molecule has 1 atom stereocenters. The van der Waals surface area contributed by atoms with Crippen LogP contribution >= 0.6 is 12.4 Å². The van der Waals surface area contributed by atoms with E-state index < -0.39 is 0 Å². The molecule has 3 heteroatoms. The summed E-state index contributed by atoms with van der Waals surface area (Å²) in [7, 11) is 0. The molecule has 1 heterocycles. The lowest BCUT2D eigenvalue weighted by molar-refractivity contribution is 0.0585. The first-order valence-electron chi connectivity index (χ1n) is 6.67. The van der Waals surface area contributed by atoms with Crippen LogP contribution in [0.4, 0.5) is 0 Å². The minimum absolute atomic E-state index is 0. The summed E-state index contributed by atoms with van der Waals surface area (Å²) >= 11 is 0. The van der Waals surface area contributed by atoms with Crippen molar-refractivity contribution < 1.29 is 4.74 Å². The number of ether oxygens (including phenoxy) is 1. The molecule has 102 valence electrons. The van der Waals surface area contributed by atoms with Gasteiger partial charge in [0.15, 0.2) is 0 Å². The topological polar surface area (TPSA) is 35.2 Å². The molecular weight excluding hydrogens is 258 g/mol. The summed E-state index contributed by atoms with van der Waals surface area (Å²) in [5.41, 5.74) is 7.76. The second-order valence-electron chi connectivity index (χ2n) is 5.04. The van der Waals surface area contributed by atoms with Crippen LogP contribution in [0.1, 0.15) is 24.4 Å². The number of benzene rings is 2. The number of nitrogens with two attached hydrogens (primary N) is 1. The van der Waals surface area contributed by atoms with Crippen molar-refractivity contribution in [3.63, 3.8) is 0 Å². The highest BCUT2D eigenvalue weighted by Gasteiger charge is 2.23. The van der Waals surface area contributed by atoms with E-state index in [1.54, 1.807) is 0 Å². The fraction of sp³-hybridized carbons (Fsp3) is 0.375. The first-order chi connectivity index (χ1) is 8.86. The number of fused-ring (bicyclic) bond motifs is 1. The number of rotatable bonds is 2. The van der Waals surface area contributed by atoms with Gasteiger partial charge in [0.1, 0.15) is 0 Å². The average molecular weight is 278 g/mol. The van der Waals surface area contributed by atoms with Gasteiger partial charge in [-0.3, -0.25) is 0 Å². The van der Waals surface area contributed by atoms with Crippen LogP contribution in [0, 0.1) is 5.92 Å². The molecule has 1 aliphatic rings. The maximum atomic E-state index is 6.48. The van der Waals surface area contributed by atoms with Gasteiger partial charge in [0.25, 0.3) is 0 Å². The van der Waals surface area contributed by atoms with E-state index in [4.69, 9.17) is 10.5 Å². The third kappa shape index (κ3) is 2.92. The summed E-state index contributed by atoms with van der Waals surface area (Å²) in [6.07, 6.45) is 2.15. The van der Waals surface area contributed by atoms with Crippen LogP contribution in [-0.2, 0) is 4.74 Å². The molecule has 0 unspecified atom stereocenters. The molecule has 0 radical (unpaired) electrons. The Balaban J connectivity index is 0.00000133. The molecule has 0 saturated carbocycles. The van der Waals surface area contributed by atoms with Gasteiger partial charge in [0.05, 0.1) is 0 Å². The normalized spacial score (nSPS) is 17.9. The Morgan fingerprint density at radius 2 is 1.68 bits per heavy atom. The second-order valence-corrected chi connectivity index (χ2v) is 5.04. The monoisotopic (exact) mass is 277 g/mol. The molecule has 1 aliphatic heterocycles. The quantitative estimate of drug-likeness (QED) is 0.909. The Morgan fingerprint density at radius 1 is 1.00 bits per heavy atom. The van der Waals surface area contributed by atoms with Crippen molar-refractivity contribution in [3.05, 3.63) is 48.0 Å². The van der Waals surface area contributed by atoms with Gasteiger partial charge in [-0.2, -0.15) is 0 Å². The first-order valence-corrected chi connectivity index (χ1v) is 6.67. The second kappa shape index (κ2) is 6.38. The summed E-state index contributed by atoms with van der Waals surface area (Å²) in [6, 6.07) is 15.0. The Morgan fingerprint density at radius 3 is 2.47 bits per heavy atom. The van der Waals surface area contributed by atoms with E-state index in [9.17, 15) is 0 Å². The lowest BCUT2D eigenvalue weighted by Crippen LogP contribution is -2.27. The van der Waals surface area contributed by atoms with Crippen LogP contribution in [0.3, 0.4) is 0 Å². The van der Waals surface area contributed by atoms with Gasteiger partial charge in [-0.05, 0) is 35.1 Å². The molecule has 0 aromatic heterocycles. The number of hydrogen-bond donors (Lipinski definition) is 1. The zero-order valence-corrected chi connectivity index (χ0v) is 11.7. The molecule has 1 saturated heterocycles. The first kappa shape index (κ1) is 14.3. The SMILES string of the molecule is Cl.N[C@H](c1cccc2ccccc12)C1CCOCC1. The Hall–Kier alpha value is -1.09. The predicted molar refractivity (Wildman–Crippen MR) is 81.7 cm³/mol. The molecule has 19 heavy (non-hydrogen) atoms. The van der Waals surface area contributed by atoms with Gasteiger partial charge in [-0.25, -0.2) is 0 Å². The number of halogens is 1. The minimum atomic E-state index is 0. The zero-order chi connectivity index (χ0) is 12.4. The van der Waals surface area contributed by atoms with Crippen LogP contribution in [0.2, 0.25) is 0 Å². The highest BCUT2D eigenvalue weighted by atomic mass is 35.5. The van der Waals surface area contributed by atoms with E-state index >= 15 is 0 Å². The van der Waals surface area contributed by atoms with E-state index in [2.05, 4.69) is 42.5 Å². The molecule has 2 N–H and O–H groups in total. The van der Waals surface area contributed by atoms with Gasteiger partial charge < -0.3 is 10.5 Å². The van der Waals surface area contributed by atoms with Crippen molar-refractivity contribution in [2.45, 2.75) is 18.9 Å². The van der Waals surface area contributed by atoms with Crippen molar-refractivity contribution in [2.24, 2.45) is 11.7 Å². The van der Waals surface area contributed by atoms with Gasteiger partial charge in [-0.15, -0.1) is 12.4 Å². The Bertz CT molecular complexity index is 532. The molecule has 0 spiro atoms. The van der Waals surface area contributed by atoms with Gasteiger partial charge in [0.2, 0.25) is 0 Å². The van der Waals surface area contributed by atoms with E-state index in [0.717, 1.165) is 26.1 Å². The molecule has 0 bridgehead atoms. The van der Waals surface area contributed by atoms with Crippen LogP contribution in [0.5, 0.6) is 0 Å². The van der Waals surface area contributed by atoms with Crippen molar-refractivity contribution >= 4 is 23.2 Å². The highest BCUT2D eigenvalue weighted by Crippen LogP contribution is 2.32. The van der Waals surface area contributed by atoms with Crippen LogP contribution in [-0.4, -0.2) is 13.2 Å². The molecule has 1 fully saturated rings. The maximum absolute atomic E-state index is 6.48. The van der Waals surface area contributed by atoms with Gasteiger partial charge in [0, 0.05) is 19.3 Å². The van der Waals surface area contributed by atoms with E-state index in [1.807, 2.05) is 0 Å². The highest BCUT2D eigenvalue weighted by molar-refractivity contribution is 5.86. The molecule has 2 nitrogen and oxygen atoms in total. The lowest BCUT2D eigenvalue weighted by Gasteiger charge is -2.28. The standard InChI is InChI=1S/C16H19NO.ClH/c17-16(13-8-10-18-11-9-13)15-7-3-5-12-4-1-2-6-14(12)15;/h1-7,13,16H,8-11,17H2;1H/t16-;/m0./s1. The largest absolute Gasteiger partial charge is 0.381 e. The van der Waals surface area contributed by atoms with E-state index in [1.165, 1.54) is 16.3 Å². The summed E-state index contributed by atoms with van der Waals surface area (Å²) in [4.78, 5) is 0. The zero-order valence-electron chi connectivity index (χ0n) is 10.9. The van der Waals surface area contributed by atoms with Crippen LogP contribution in [0.25, 0.3) is 10.8 Å². The third-order valence-electron chi connectivity index (χ3n) is 3.96. The van der Waals surface area contributed by atoms with Crippen molar-refractivity contribution in [1.29, 1.82) is 0 Å². The third-order valence-corrected chi connectivity index (χ3v) is 3.96. The van der Waals surface area contributed by atoms with Crippen LogP contribution in [0.15, 0.2) is 42.5 Å². The molecule has 2 aromatic carbocycles. The molecule has 0 amide bonds. The van der Waals surface area contributed by atoms with Gasteiger partial charge >= 0.3 is 0 Å². The van der Waals surface area contributed by atoms with Crippen molar-refractivity contribution in [3.8, 4) is 0 Å². The molecular formula is C16H20ClNO. The number of hydrogen-bond acceptors (Lipinski definition) is 2.